The number of amides is 1. The standard InChI is InChI=1S/C29H30F2N2O4/c1-32-11-10-24(17-32)37-23-8-7-20-9-12-33(16-22(20)13-23)29(35)27-25(34)14-21(28(30)31)15-26(27)36-18-19-5-3-2-4-6-19/h2-8,13-15,24,28,34H,9-12,16-18H2,1H3. The summed E-state index contributed by atoms with van der Waals surface area (Å²) in [7, 11) is 2.07. The third-order valence-electron chi connectivity index (χ3n) is 6.93. The van der Waals surface area contributed by atoms with Crippen LogP contribution in [0.4, 0.5) is 8.78 Å². The van der Waals surface area contributed by atoms with Gasteiger partial charge in [0.05, 0.1) is 0 Å². The van der Waals surface area contributed by atoms with E-state index in [4.69, 9.17) is 9.47 Å². The van der Waals surface area contributed by atoms with E-state index >= 15 is 0 Å². The summed E-state index contributed by atoms with van der Waals surface area (Å²) >= 11 is 0. The number of phenols is 1. The van der Waals surface area contributed by atoms with Crippen LogP contribution in [0.2, 0.25) is 0 Å². The maximum atomic E-state index is 13.6. The molecule has 2 aliphatic heterocycles. The SMILES string of the molecule is CN1CCC(Oc2ccc3c(c2)CN(C(=O)c2c(O)cc(C(F)F)cc2OCc2ccccc2)CC3)C1. The number of carbonyl (C=O) groups excluding carboxylic acids is 1. The highest BCUT2D eigenvalue weighted by molar-refractivity contribution is 6.00. The van der Waals surface area contributed by atoms with Crippen LogP contribution in [0.1, 0.15) is 45.5 Å². The molecule has 1 amide bonds. The average Bonchev–Trinajstić information content (AvgIpc) is 3.31. The third kappa shape index (κ3) is 5.69. The first kappa shape index (κ1) is 25.0. The highest BCUT2D eigenvalue weighted by Gasteiger charge is 2.29. The molecular formula is C29H30F2N2O4. The molecule has 2 aliphatic rings. The fourth-order valence-electron chi connectivity index (χ4n) is 4.93. The van der Waals surface area contributed by atoms with Crippen molar-refractivity contribution in [1.82, 2.24) is 9.80 Å². The third-order valence-corrected chi connectivity index (χ3v) is 6.93. The van der Waals surface area contributed by atoms with E-state index in [0.717, 1.165) is 54.1 Å². The number of hydrogen-bond donors (Lipinski definition) is 1. The molecule has 3 aromatic carbocycles. The number of nitrogens with zero attached hydrogens (tertiary/aromatic N) is 2. The minimum atomic E-state index is -2.81. The van der Waals surface area contributed by atoms with Crippen molar-refractivity contribution < 1.29 is 28.2 Å². The first-order valence-electron chi connectivity index (χ1n) is 12.5. The molecule has 194 valence electrons. The maximum Gasteiger partial charge on any atom is 0.264 e. The summed E-state index contributed by atoms with van der Waals surface area (Å²) in [5.74, 6) is -0.267. The molecule has 0 aromatic heterocycles. The number of likely N-dealkylation sites (tertiary alicyclic amines) is 1. The van der Waals surface area contributed by atoms with Crippen molar-refractivity contribution in [3.8, 4) is 17.2 Å². The summed E-state index contributed by atoms with van der Waals surface area (Å²) in [6.45, 7) is 2.71. The number of aromatic hydroxyl groups is 1. The number of phenolic OH excluding ortho intramolecular Hbond substituents is 1. The lowest BCUT2D eigenvalue weighted by Gasteiger charge is -2.30. The molecule has 0 spiro atoms. The lowest BCUT2D eigenvalue weighted by atomic mass is 9.98. The van der Waals surface area contributed by atoms with Gasteiger partial charge in [0.25, 0.3) is 12.3 Å². The zero-order chi connectivity index (χ0) is 25.9. The molecule has 2 heterocycles. The summed E-state index contributed by atoms with van der Waals surface area (Å²) < 4.78 is 38.9. The molecule has 1 atom stereocenters. The molecule has 0 aliphatic carbocycles. The van der Waals surface area contributed by atoms with Gasteiger partial charge in [-0.2, -0.15) is 0 Å². The lowest BCUT2D eigenvalue weighted by molar-refractivity contribution is 0.0725. The first-order valence-corrected chi connectivity index (χ1v) is 12.5. The highest BCUT2D eigenvalue weighted by Crippen LogP contribution is 2.36. The summed E-state index contributed by atoms with van der Waals surface area (Å²) in [5, 5.41) is 10.7. The molecule has 1 fully saturated rings. The number of alkyl halides is 2. The van der Waals surface area contributed by atoms with Crippen molar-refractivity contribution in [2.75, 3.05) is 26.7 Å². The number of benzene rings is 3. The van der Waals surface area contributed by atoms with Gasteiger partial charge in [0.15, 0.2) is 0 Å². The van der Waals surface area contributed by atoms with Crippen molar-refractivity contribution in [1.29, 1.82) is 0 Å². The van der Waals surface area contributed by atoms with Crippen molar-refractivity contribution in [3.05, 3.63) is 88.5 Å². The quantitative estimate of drug-likeness (QED) is 0.476. The van der Waals surface area contributed by atoms with E-state index in [9.17, 15) is 18.7 Å². The van der Waals surface area contributed by atoms with Gasteiger partial charge in [0.1, 0.15) is 35.5 Å². The van der Waals surface area contributed by atoms with Crippen molar-refractivity contribution in [3.63, 3.8) is 0 Å². The van der Waals surface area contributed by atoms with E-state index in [0.29, 0.717) is 19.5 Å². The predicted molar refractivity (Wildman–Crippen MR) is 135 cm³/mol. The minimum absolute atomic E-state index is 0.0580. The minimum Gasteiger partial charge on any atom is -0.507 e. The fraction of sp³-hybridized carbons (Fsp3) is 0.345. The number of fused-ring (bicyclic) bond motifs is 1. The summed E-state index contributed by atoms with van der Waals surface area (Å²) in [6.07, 6.45) is -1.06. The molecule has 3 aromatic rings. The Morgan fingerprint density at radius 1 is 1.08 bits per heavy atom. The van der Waals surface area contributed by atoms with Gasteiger partial charge in [0.2, 0.25) is 0 Å². The molecular weight excluding hydrogens is 478 g/mol. The Morgan fingerprint density at radius 2 is 1.89 bits per heavy atom. The predicted octanol–water partition coefficient (Wildman–Crippen LogP) is 5.19. The molecule has 8 heteroatoms. The van der Waals surface area contributed by atoms with Gasteiger partial charge in [-0.05, 0) is 60.8 Å². The Morgan fingerprint density at radius 3 is 2.62 bits per heavy atom. The highest BCUT2D eigenvalue weighted by atomic mass is 19.3. The Balaban J connectivity index is 1.37. The maximum absolute atomic E-state index is 13.6. The van der Waals surface area contributed by atoms with Gasteiger partial charge in [-0.15, -0.1) is 0 Å². The van der Waals surface area contributed by atoms with Crippen molar-refractivity contribution in [2.45, 2.75) is 38.5 Å². The smallest absolute Gasteiger partial charge is 0.264 e. The van der Waals surface area contributed by atoms with Gasteiger partial charge in [-0.3, -0.25) is 4.79 Å². The Labute approximate surface area is 215 Å². The summed E-state index contributed by atoms with van der Waals surface area (Å²) in [4.78, 5) is 17.4. The molecule has 1 unspecified atom stereocenters. The normalized spacial score (nSPS) is 17.6. The molecule has 5 rings (SSSR count). The van der Waals surface area contributed by atoms with E-state index in [1.165, 1.54) is 0 Å². The molecule has 0 saturated carbocycles. The average molecular weight is 509 g/mol. The number of hydrogen-bond acceptors (Lipinski definition) is 5. The number of likely N-dealkylation sites (N-methyl/N-ethyl adjacent to an activating group) is 1. The number of rotatable bonds is 7. The van der Waals surface area contributed by atoms with Crippen LogP contribution >= 0.6 is 0 Å². The Hall–Kier alpha value is -3.65. The van der Waals surface area contributed by atoms with Crippen LogP contribution in [0.3, 0.4) is 0 Å². The van der Waals surface area contributed by atoms with Gasteiger partial charge in [-0.1, -0.05) is 36.4 Å². The molecule has 1 N–H and O–H groups in total. The van der Waals surface area contributed by atoms with Crippen LogP contribution in [-0.2, 0) is 19.6 Å². The van der Waals surface area contributed by atoms with Crippen LogP contribution in [-0.4, -0.2) is 53.6 Å². The second-order valence-electron chi connectivity index (χ2n) is 9.69. The largest absolute Gasteiger partial charge is 0.507 e. The zero-order valence-corrected chi connectivity index (χ0v) is 20.7. The molecule has 37 heavy (non-hydrogen) atoms. The molecule has 0 radical (unpaired) electrons. The number of ether oxygens (including phenoxy) is 2. The number of carbonyl (C=O) groups is 1. The van der Waals surface area contributed by atoms with Gasteiger partial charge < -0.3 is 24.4 Å². The topological polar surface area (TPSA) is 62.2 Å². The second kappa shape index (κ2) is 10.8. The molecule has 1 saturated heterocycles. The van der Waals surface area contributed by atoms with Crippen LogP contribution < -0.4 is 9.47 Å². The van der Waals surface area contributed by atoms with E-state index in [2.05, 4.69) is 11.9 Å². The van der Waals surface area contributed by atoms with Crippen LogP contribution in [0.25, 0.3) is 0 Å². The zero-order valence-electron chi connectivity index (χ0n) is 20.7. The molecule has 0 bridgehead atoms. The van der Waals surface area contributed by atoms with Gasteiger partial charge >= 0.3 is 0 Å². The number of halogens is 2. The van der Waals surface area contributed by atoms with E-state index in [1.54, 1.807) is 4.90 Å². The monoisotopic (exact) mass is 508 g/mol. The Bertz CT molecular complexity index is 1270. The Kier molecular flexibility index (Phi) is 7.28. The van der Waals surface area contributed by atoms with Crippen LogP contribution in [0.5, 0.6) is 17.2 Å². The van der Waals surface area contributed by atoms with Crippen LogP contribution in [0, 0.1) is 0 Å². The molecule has 6 nitrogen and oxygen atoms in total. The van der Waals surface area contributed by atoms with Crippen molar-refractivity contribution in [2.24, 2.45) is 0 Å². The van der Waals surface area contributed by atoms with Crippen molar-refractivity contribution >= 4 is 5.91 Å². The van der Waals surface area contributed by atoms with Gasteiger partial charge in [-0.25, -0.2) is 8.78 Å². The lowest BCUT2D eigenvalue weighted by Crippen LogP contribution is -2.36. The summed E-state index contributed by atoms with van der Waals surface area (Å²) in [5.41, 5.74) is 2.41. The first-order chi connectivity index (χ1) is 17.9. The fourth-order valence-corrected chi connectivity index (χ4v) is 4.93. The van der Waals surface area contributed by atoms with Gasteiger partial charge in [0, 0.05) is 31.7 Å². The summed E-state index contributed by atoms with van der Waals surface area (Å²) in [6, 6.07) is 17.3. The van der Waals surface area contributed by atoms with Crippen LogP contribution in [0.15, 0.2) is 60.7 Å². The second-order valence-corrected chi connectivity index (χ2v) is 9.69. The van der Waals surface area contributed by atoms with E-state index < -0.39 is 23.6 Å². The van der Waals surface area contributed by atoms with E-state index in [1.807, 2.05) is 48.5 Å². The van der Waals surface area contributed by atoms with E-state index in [-0.39, 0.29) is 24.0 Å².